The first-order valence-corrected chi connectivity index (χ1v) is 8.84. The third-order valence-corrected chi connectivity index (χ3v) is 5.05. The number of hydrogen-bond donors (Lipinski definition) is 2. The highest BCUT2D eigenvalue weighted by Crippen LogP contribution is 2.41. The maximum Gasteiger partial charge on any atom is 0.159 e. The second-order valence-corrected chi connectivity index (χ2v) is 6.91. The number of aromatic amines is 1. The van der Waals surface area contributed by atoms with Gasteiger partial charge in [0.05, 0.1) is 17.6 Å². The Morgan fingerprint density at radius 1 is 1.11 bits per heavy atom. The molecule has 2 N–H and O–H groups in total. The second kappa shape index (κ2) is 6.28. The summed E-state index contributed by atoms with van der Waals surface area (Å²) in [4.78, 5) is 3.17. The van der Waals surface area contributed by atoms with Crippen molar-refractivity contribution in [3.63, 3.8) is 0 Å². The molecule has 5 nitrogen and oxygen atoms in total. The van der Waals surface area contributed by atoms with E-state index in [0.29, 0.717) is 6.54 Å². The first-order valence-electron chi connectivity index (χ1n) is 8.84. The van der Waals surface area contributed by atoms with Gasteiger partial charge in [0.2, 0.25) is 0 Å². The van der Waals surface area contributed by atoms with Crippen LogP contribution in [0.1, 0.15) is 23.6 Å². The highest BCUT2D eigenvalue weighted by molar-refractivity contribution is 5.81. The first kappa shape index (κ1) is 16.1. The predicted molar refractivity (Wildman–Crippen MR) is 97.6 cm³/mol. The minimum absolute atomic E-state index is 0.214. The zero-order valence-electron chi connectivity index (χ0n) is 14.4. The van der Waals surface area contributed by atoms with Gasteiger partial charge in [-0.3, -0.25) is 0 Å². The number of aromatic nitrogens is 4. The van der Waals surface area contributed by atoms with Crippen LogP contribution in [0.3, 0.4) is 0 Å². The Morgan fingerprint density at radius 2 is 2.04 bits per heavy atom. The van der Waals surface area contributed by atoms with Crippen LogP contribution in [-0.4, -0.2) is 26.0 Å². The lowest BCUT2D eigenvalue weighted by Crippen LogP contribution is -2.17. The van der Waals surface area contributed by atoms with Gasteiger partial charge in [-0.15, -0.1) is 5.10 Å². The van der Waals surface area contributed by atoms with Gasteiger partial charge in [-0.25, -0.2) is 13.5 Å². The van der Waals surface area contributed by atoms with Crippen LogP contribution in [0.25, 0.3) is 16.6 Å². The normalized spacial score (nSPS) is 18.9. The van der Waals surface area contributed by atoms with E-state index >= 15 is 0 Å². The number of H-pyrrole nitrogens is 1. The molecule has 1 saturated carbocycles. The lowest BCUT2D eigenvalue weighted by molar-refractivity contribution is 0.506. The van der Waals surface area contributed by atoms with Crippen LogP contribution in [0.5, 0.6) is 0 Å². The highest BCUT2D eigenvalue weighted by atomic mass is 19.2. The Balaban J connectivity index is 1.23. The van der Waals surface area contributed by atoms with E-state index in [1.807, 2.05) is 30.6 Å². The van der Waals surface area contributed by atoms with Gasteiger partial charge in [0.15, 0.2) is 11.6 Å². The predicted octanol–water partition coefficient (Wildman–Crippen LogP) is 3.67. The molecule has 136 valence electrons. The fraction of sp³-hybridized carbons (Fsp3) is 0.200. The second-order valence-electron chi connectivity index (χ2n) is 6.91. The fourth-order valence-corrected chi connectivity index (χ4v) is 3.46. The van der Waals surface area contributed by atoms with Gasteiger partial charge in [-0.1, -0.05) is 11.3 Å². The van der Waals surface area contributed by atoms with Crippen LogP contribution in [0.2, 0.25) is 0 Å². The summed E-state index contributed by atoms with van der Waals surface area (Å²) in [5, 5.41) is 12.9. The largest absolute Gasteiger partial charge is 0.361 e. The maximum absolute atomic E-state index is 13.4. The average molecular weight is 365 g/mol. The Kier molecular flexibility index (Phi) is 3.75. The monoisotopic (exact) mass is 365 g/mol. The third kappa shape index (κ3) is 3.10. The number of nitrogens with zero attached hydrogens (tertiary/aromatic N) is 3. The van der Waals surface area contributed by atoms with Crippen LogP contribution in [-0.2, 0) is 6.54 Å². The summed E-state index contributed by atoms with van der Waals surface area (Å²) in [7, 11) is 0. The Hall–Kier alpha value is -3.06. The smallest absolute Gasteiger partial charge is 0.159 e. The SMILES string of the molecule is Fc1ccc([C@@H]2C[C@H]2NCc2cn(-c3ccc4[nH]ccc4c3)nn2)cc1F. The molecule has 4 aromatic rings. The van der Waals surface area contributed by atoms with Crippen LogP contribution in [0.15, 0.2) is 54.9 Å². The molecule has 2 aromatic heterocycles. The van der Waals surface area contributed by atoms with Gasteiger partial charge in [0.1, 0.15) is 0 Å². The molecule has 0 unspecified atom stereocenters. The molecule has 2 atom stereocenters. The topological polar surface area (TPSA) is 58.5 Å². The lowest BCUT2D eigenvalue weighted by Gasteiger charge is -2.03. The summed E-state index contributed by atoms with van der Waals surface area (Å²) in [5.74, 6) is -1.38. The van der Waals surface area contributed by atoms with E-state index in [0.717, 1.165) is 34.3 Å². The van der Waals surface area contributed by atoms with Crippen molar-refractivity contribution in [3.8, 4) is 5.69 Å². The van der Waals surface area contributed by atoms with Gasteiger partial charge in [-0.2, -0.15) is 0 Å². The number of halogens is 2. The summed E-state index contributed by atoms with van der Waals surface area (Å²) in [6.07, 6.45) is 4.71. The number of fused-ring (bicyclic) bond motifs is 1. The van der Waals surface area contributed by atoms with Crippen LogP contribution in [0, 0.1) is 11.6 Å². The zero-order chi connectivity index (χ0) is 18.4. The molecule has 1 aliphatic rings. The fourth-order valence-electron chi connectivity index (χ4n) is 3.46. The van der Waals surface area contributed by atoms with Crippen LogP contribution < -0.4 is 5.32 Å². The molecule has 5 rings (SSSR count). The van der Waals surface area contributed by atoms with E-state index < -0.39 is 11.6 Å². The minimum Gasteiger partial charge on any atom is -0.361 e. The number of nitrogens with one attached hydrogen (secondary N) is 2. The van der Waals surface area contributed by atoms with E-state index in [1.54, 1.807) is 10.7 Å². The van der Waals surface area contributed by atoms with Crippen molar-refractivity contribution in [2.24, 2.45) is 0 Å². The Morgan fingerprint density at radius 3 is 2.93 bits per heavy atom. The summed E-state index contributed by atoms with van der Waals surface area (Å²) < 4.78 is 28.2. The van der Waals surface area contributed by atoms with E-state index in [2.05, 4.69) is 26.7 Å². The van der Waals surface area contributed by atoms with Crippen molar-refractivity contribution in [2.75, 3.05) is 0 Å². The molecular weight excluding hydrogens is 348 g/mol. The van der Waals surface area contributed by atoms with Crippen molar-refractivity contribution < 1.29 is 8.78 Å². The summed E-state index contributed by atoms with van der Waals surface area (Å²) in [5.41, 5.74) is 3.69. The molecule has 1 fully saturated rings. The van der Waals surface area contributed by atoms with E-state index in [-0.39, 0.29) is 12.0 Å². The first-order chi connectivity index (χ1) is 13.2. The summed E-state index contributed by atoms with van der Waals surface area (Å²) >= 11 is 0. The van der Waals surface area contributed by atoms with Gasteiger partial charge < -0.3 is 10.3 Å². The molecule has 2 aromatic carbocycles. The maximum atomic E-state index is 13.4. The lowest BCUT2D eigenvalue weighted by atomic mass is 10.1. The zero-order valence-corrected chi connectivity index (χ0v) is 14.4. The average Bonchev–Trinajstić information content (AvgIpc) is 3.07. The molecule has 27 heavy (non-hydrogen) atoms. The molecule has 0 amide bonds. The third-order valence-electron chi connectivity index (χ3n) is 5.05. The summed E-state index contributed by atoms with van der Waals surface area (Å²) in [6, 6.07) is 12.4. The van der Waals surface area contributed by atoms with E-state index in [1.165, 1.54) is 12.1 Å². The number of rotatable bonds is 5. The van der Waals surface area contributed by atoms with E-state index in [9.17, 15) is 8.78 Å². The van der Waals surface area contributed by atoms with Crippen LogP contribution >= 0.6 is 0 Å². The van der Waals surface area contributed by atoms with Gasteiger partial charge in [-0.05, 0) is 48.4 Å². The van der Waals surface area contributed by atoms with Crippen LogP contribution in [0.4, 0.5) is 8.78 Å². The van der Waals surface area contributed by atoms with Crippen molar-refractivity contribution in [1.82, 2.24) is 25.3 Å². The minimum atomic E-state index is -0.807. The van der Waals surface area contributed by atoms with Crippen molar-refractivity contribution in [1.29, 1.82) is 0 Å². The van der Waals surface area contributed by atoms with E-state index in [4.69, 9.17) is 0 Å². The molecule has 2 heterocycles. The Labute approximate surface area is 154 Å². The van der Waals surface area contributed by atoms with Gasteiger partial charge >= 0.3 is 0 Å². The van der Waals surface area contributed by atoms with Gasteiger partial charge in [0.25, 0.3) is 0 Å². The van der Waals surface area contributed by atoms with Crippen molar-refractivity contribution in [2.45, 2.75) is 24.9 Å². The molecule has 0 radical (unpaired) electrons. The molecule has 0 bridgehead atoms. The number of hydrogen-bond acceptors (Lipinski definition) is 3. The molecule has 0 aliphatic heterocycles. The molecule has 0 spiro atoms. The Bertz CT molecular complexity index is 1120. The molecule has 1 aliphatic carbocycles. The van der Waals surface area contributed by atoms with Gasteiger partial charge in [0, 0.05) is 35.6 Å². The van der Waals surface area contributed by atoms with Crippen molar-refractivity contribution >= 4 is 10.9 Å². The summed E-state index contributed by atoms with van der Waals surface area (Å²) in [6.45, 7) is 0.581. The standard InChI is InChI=1S/C20H17F2N5/c21-17-3-1-12(8-18(17)22)16-9-20(16)24-10-14-11-27(26-25-14)15-2-4-19-13(7-15)5-6-23-19/h1-8,11,16,20,23-24H,9-10H2/t16-,20+/m0/s1. The highest BCUT2D eigenvalue weighted by Gasteiger charge is 2.38. The number of benzene rings is 2. The van der Waals surface area contributed by atoms with Crippen molar-refractivity contribution in [3.05, 3.63) is 77.8 Å². The molecule has 7 heteroatoms. The quantitative estimate of drug-likeness (QED) is 0.567. The molecular formula is C20H17F2N5. The molecule has 0 saturated heterocycles.